The van der Waals surface area contributed by atoms with Crippen molar-refractivity contribution in [3.8, 4) is 0 Å². The largest absolute Gasteiger partial charge is 0.342 e. The molecule has 1 aliphatic rings. The summed E-state index contributed by atoms with van der Waals surface area (Å²) in [5, 5.41) is 0.745. The summed E-state index contributed by atoms with van der Waals surface area (Å²) < 4.78 is 28.0. The van der Waals surface area contributed by atoms with Gasteiger partial charge in [-0.1, -0.05) is 59.8 Å². The summed E-state index contributed by atoms with van der Waals surface area (Å²) in [6.07, 6.45) is 4.09. The highest BCUT2D eigenvalue weighted by atomic mass is 35.5. The first-order valence-electron chi connectivity index (χ1n) is 10.1. The van der Waals surface area contributed by atoms with Crippen LogP contribution < -0.4 is 0 Å². The van der Waals surface area contributed by atoms with E-state index in [2.05, 4.69) is 0 Å². The molecule has 0 atom stereocenters. The minimum Gasteiger partial charge on any atom is -0.342 e. The fourth-order valence-corrected chi connectivity index (χ4v) is 5.20. The highest BCUT2D eigenvalue weighted by Gasteiger charge is 2.29. The Morgan fingerprint density at radius 2 is 1.60 bits per heavy atom. The molecule has 0 radical (unpaired) electrons. The highest BCUT2D eigenvalue weighted by molar-refractivity contribution is 7.89. The molecule has 0 unspecified atom stereocenters. The molecule has 8 heteroatoms. The Labute approximate surface area is 188 Å². The van der Waals surface area contributed by atoms with E-state index in [1.165, 1.54) is 4.31 Å². The van der Waals surface area contributed by atoms with E-state index in [4.69, 9.17) is 23.2 Å². The van der Waals surface area contributed by atoms with E-state index in [1.807, 2.05) is 6.92 Å². The fourth-order valence-electron chi connectivity index (χ4n) is 3.50. The Hall–Kier alpha value is -1.60. The van der Waals surface area contributed by atoms with Gasteiger partial charge in [-0.05, 0) is 49.6 Å². The minimum atomic E-state index is -3.87. The van der Waals surface area contributed by atoms with Crippen molar-refractivity contribution in [3.63, 3.8) is 0 Å². The third-order valence-corrected chi connectivity index (χ3v) is 7.82. The number of nitrogens with zero attached hydrogens (tertiary/aromatic N) is 2. The van der Waals surface area contributed by atoms with Crippen molar-refractivity contribution < 1.29 is 13.2 Å². The van der Waals surface area contributed by atoms with Crippen molar-refractivity contribution in [1.29, 1.82) is 0 Å². The van der Waals surface area contributed by atoms with Crippen LogP contribution in [0.5, 0.6) is 0 Å². The number of likely N-dealkylation sites (tertiary alicyclic amines) is 1. The Morgan fingerprint density at radius 1 is 0.967 bits per heavy atom. The van der Waals surface area contributed by atoms with E-state index in [0.29, 0.717) is 28.7 Å². The fraction of sp³-hybridized carbons (Fsp3) is 0.409. The molecule has 1 amide bonds. The highest BCUT2D eigenvalue weighted by Crippen LogP contribution is 2.25. The lowest BCUT2D eigenvalue weighted by Gasteiger charge is -2.26. The molecule has 0 saturated carbocycles. The first-order chi connectivity index (χ1) is 14.3. The molecular weight excluding hydrogens is 443 g/mol. The topological polar surface area (TPSA) is 57.7 Å². The van der Waals surface area contributed by atoms with Crippen LogP contribution in [0, 0.1) is 6.92 Å². The summed E-state index contributed by atoms with van der Waals surface area (Å²) in [6, 6.07) is 11.6. The molecule has 0 aliphatic carbocycles. The van der Waals surface area contributed by atoms with Gasteiger partial charge < -0.3 is 4.90 Å². The number of hydrogen-bond donors (Lipinski definition) is 0. The molecule has 0 spiro atoms. The molecule has 30 heavy (non-hydrogen) atoms. The van der Waals surface area contributed by atoms with Crippen LogP contribution in [-0.4, -0.2) is 43.2 Å². The molecule has 0 N–H and O–H groups in total. The zero-order valence-corrected chi connectivity index (χ0v) is 19.3. The first kappa shape index (κ1) is 23.1. The number of carbonyl (C=O) groups excluding carboxylic acids is 1. The predicted molar refractivity (Wildman–Crippen MR) is 120 cm³/mol. The first-order valence-corrected chi connectivity index (χ1v) is 12.3. The molecule has 2 aromatic carbocycles. The Morgan fingerprint density at radius 3 is 2.20 bits per heavy atom. The van der Waals surface area contributed by atoms with Gasteiger partial charge in [-0.15, -0.1) is 0 Å². The molecular formula is C22H26Cl2N2O3S. The number of sulfonamides is 1. The number of rotatable bonds is 6. The van der Waals surface area contributed by atoms with Crippen molar-refractivity contribution in [2.24, 2.45) is 0 Å². The molecule has 2 aromatic rings. The summed E-state index contributed by atoms with van der Waals surface area (Å²) >= 11 is 12.1. The van der Waals surface area contributed by atoms with Crippen molar-refractivity contribution in [2.75, 3.05) is 19.6 Å². The number of hydrogen-bond acceptors (Lipinski definition) is 3. The van der Waals surface area contributed by atoms with Crippen LogP contribution in [0.4, 0.5) is 0 Å². The van der Waals surface area contributed by atoms with Gasteiger partial charge in [-0.25, -0.2) is 8.42 Å². The van der Waals surface area contributed by atoms with E-state index in [9.17, 15) is 13.2 Å². The number of amides is 1. The monoisotopic (exact) mass is 468 g/mol. The summed E-state index contributed by atoms with van der Waals surface area (Å²) in [5.74, 6) is -0.173. The third-order valence-electron chi connectivity index (χ3n) is 5.27. The lowest BCUT2D eigenvalue weighted by atomic mass is 10.2. The number of aryl methyl sites for hydroxylation is 1. The van der Waals surface area contributed by atoms with Crippen molar-refractivity contribution >= 4 is 39.1 Å². The van der Waals surface area contributed by atoms with Crippen LogP contribution >= 0.6 is 23.2 Å². The molecule has 162 valence electrons. The van der Waals surface area contributed by atoms with Gasteiger partial charge in [0.05, 0.1) is 21.5 Å². The second kappa shape index (κ2) is 10.1. The number of halogens is 2. The van der Waals surface area contributed by atoms with Crippen LogP contribution in [-0.2, 0) is 21.4 Å². The van der Waals surface area contributed by atoms with Crippen LogP contribution in [0.25, 0.3) is 0 Å². The lowest BCUT2D eigenvalue weighted by molar-refractivity contribution is -0.131. The second-order valence-electron chi connectivity index (χ2n) is 7.63. The van der Waals surface area contributed by atoms with Crippen molar-refractivity contribution in [2.45, 2.75) is 44.0 Å². The molecule has 1 heterocycles. The summed E-state index contributed by atoms with van der Waals surface area (Å²) in [4.78, 5) is 14.9. The summed E-state index contributed by atoms with van der Waals surface area (Å²) in [5.41, 5.74) is 1.63. The Kier molecular flexibility index (Phi) is 7.80. The quantitative estimate of drug-likeness (QED) is 0.605. The van der Waals surface area contributed by atoms with Crippen LogP contribution in [0.3, 0.4) is 0 Å². The Bertz CT molecular complexity index is 986. The van der Waals surface area contributed by atoms with Crippen LogP contribution in [0.2, 0.25) is 10.0 Å². The van der Waals surface area contributed by atoms with Gasteiger partial charge in [0, 0.05) is 19.6 Å². The predicted octanol–water partition coefficient (Wildman–Crippen LogP) is 4.90. The van der Waals surface area contributed by atoms with Crippen molar-refractivity contribution in [1.82, 2.24) is 9.21 Å². The normalized spacial score (nSPS) is 15.3. The molecule has 1 fully saturated rings. The maximum absolute atomic E-state index is 13.4. The van der Waals surface area contributed by atoms with Gasteiger partial charge in [0.25, 0.3) is 0 Å². The maximum Gasteiger partial charge on any atom is 0.243 e. The van der Waals surface area contributed by atoms with E-state index >= 15 is 0 Å². The van der Waals surface area contributed by atoms with Crippen LogP contribution in [0.15, 0.2) is 47.4 Å². The second-order valence-corrected chi connectivity index (χ2v) is 10.4. The van der Waals surface area contributed by atoms with Crippen molar-refractivity contribution in [3.05, 3.63) is 63.6 Å². The maximum atomic E-state index is 13.4. The van der Waals surface area contributed by atoms with E-state index in [-0.39, 0.29) is 23.9 Å². The number of benzene rings is 2. The lowest BCUT2D eigenvalue weighted by Crippen LogP contribution is -2.43. The van der Waals surface area contributed by atoms with Crippen LogP contribution in [0.1, 0.15) is 36.8 Å². The van der Waals surface area contributed by atoms with Gasteiger partial charge in [0.2, 0.25) is 15.9 Å². The Balaban J connectivity index is 1.89. The van der Waals surface area contributed by atoms with Gasteiger partial charge in [-0.3, -0.25) is 4.79 Å². The third kappa shape index (κ3) is 5.76. The molecule has 5 nitrogen and oxygen atoms in total. The molecule has 1 aliphatic heterocycles. The summed E-state index contributed by atoms with van der Waals surface area (Å²) in [6.45, 7) is 3.06. The van der Waals surface area contributed by atoms with E-state index in [1.54, 1.807) is 47.4 Å². The zero-order valence-electron chi connectivity index (χ0n) is 17.0. The average molecular weight is 469 g/mol. The molecule has 0 aromatic heterocycles. The molecule has 1 saturated heterocycles. The van der Waals surface area contributed by atoms with E-state index < -0.39 is 10.0 Å². The van der Waals surface area contributed by atoms with Gasteiger partial charge in [0.1, 0.15) is 0 Å². The van der Waals surface area contributed by atoms with E-state index in [0.717, 1.165) is 31.2 Å². The smallest absolute Gasteiger partial charge is 0.243 e. The zero-order chi connectivity index (χ0) is 21.7. The minimum absolute atomic E-state index is 0.0344. The summed E-state index contributed by atoms with van der Waals surface area (Å²) in [7, 11) is -3.87. The average Bonchev–Trinajstić information content (AvgIpc) is 3.00. The number of carbonyl (C=O) groups is 1. The van der Waals surface area contributed by atoms with Gasteiger partial charge >= 0.3 is 0 Å². The standard InChI is InChI=1S/C22H26Cl2N2O3S/c1-17-6-9-19(10-7-17)30(28,29)26(15-18-8-11-20(23)21(24)14-18)16-22(27)25-12-4-2-3-5-13-25/h6-11,14H,2-5,12-13,15-16H2,1H3. The molecule has 3 rings (SSSR count). The molecule has 0 bridgehead atoms. The SMILES string of the molecule is Cc1ccc(S(=O)(=O)N(CC(=O)N2CCCCCC2)Cc2ccc(Cl)c(Cl)c2)cc1. The van der Waals surface area contributed by atoms with Gasteiger partial charge in [-0.2, -0.15) is 4.31 Å². The van der Waals surface area contributed by atoms with Gasteiger partial charge in [0.15, 0.2) is 0 Å².